The minimum Gasteiger partial charge on any atom is -0.484 e. The summed E-state index contributed by atoms with van der Waals surface area (Å²) in [6.07, 6.45) is -4.77. The van der Waals surface area contributed by atoms with Gasteiger partial charge in [-0.3, -0.25) is 0 Å². The largest absolute Gasteiger partial charge is 0.484 e. The van der Waals surface area contributed by atoms with Gasteiger partial charge in [-0.2, -0.15) is 13.2 Å². The molecule has 0 amide bonds. The van der Waals surface area contributed by atoms with Crippen LogP contribution in [-0.4, -0.2) is 21.1 Å². The van der Waals surface area contributed by atoms with Crippen molar-refractivity contribution in [1.29, 1.82) is 0 Å². The van der Waals surface area contributed by atoms with Crippen LogP contribution in [0.15, 0.2) is 36.4 Å². The van der Waals surface area contributed by atoms with E-state index in [1.54, 1.807) is 25.1 Å². The summed E-state index contributed by atoms with van der Waals surface area (Å²) < 4.78 is 67.2. The topological polar surface area (TPSA) is 82.8 Å². The van der Waals surface area contributed by atoms with Gasteiger partial charge in [0.05, 0.1) is 11.1 Å². The molecule has 0 bridgehead atoms. The van der Waals surface area contributed by atoms with Crippen molar-refractivity contribution in [1.82, 2.24) is 4.37 Å². The van der Waals surface area contributed by atoms with E-state index >= 15 is 0 Å². The van der Waals surface area contributed by atoms with Crippen LogP contribution in [0.5, 0.6) is 11.5 Å². The zero-order chi connectivity index (χ0) is 23.7. The van der Waals surface area contributed by atoms with Gasteiger partial charge in [0.1, 0.15) is 28.8 Å². The number of nitrogens with one attached hydrogen (secondary N) is 1. The average molecular weight is 471 g/mol. The number of ether oxygens (including phenoxy) is 2. The summed E-state index contributed by atoms with van der Waals surface area (Å²) >= 11 is 1.03. The molecule has 0 radical (unpaired) electrons. The minimum atomic E-state index is -4.77. The van der Waals surface area contributed by atoms with Gasteiger partial charge in [0, 0.05) is 4.37 Å². The molecule has 0 aliphatic rings. The molecule has 0 fully saturated rings. The van der Waals surface area contributed by atoms with Gasteiger partial charge >= 0.3 is 18.0 Å². The number of hydrogen-bond acceptors (Lipinski definition) is 5. The molecule has 0 atom stereocenters. The maximum atomic E-state index is 13.8. The molecule has 1 aromatic heterocycles. The highest BCUT2D eigenvalue weighted by Crippen LogP contribution is 2.33. The first-order valence-corrected chi connectivity index (χ1v) is 10.0. The Morgan fingerprint density at radius 2 is 1.91 bits per heavy atom. The number of aromatic amines is 1. The molecule has 11 heteroatoms. The third kappa shape index (κ3) is 5.34. The van der Waals surface area contributed by atoms with E-state index in [0.717, 1.165) is 23.7 Å². The summed E-state index contributed by atoms with van der Waals surface area (Å²) in [4.78, 5) is 14.1. The van der Waals surface area contributed by atoms with Crippen molar-refractivity contribution in [2.24, 2.45) is 0 Å². The number of halogens is 4. The van der Waals surface area contributed by atoms with Crippen molar-refractivity contribution in [3.8, 4) is 22.9 Å². The molecular formula is C21H19F4N2O4S+. The van der Waals surface area contributed by atoms with Gasteiger partial charge in [0.25, 0.3) is 0 Å². The van der Waals surface area contributed by atoms with Crippen molar-refractivity contribution >= 4 is 17.5 Å². The fourth-order valence-corrected chi connectivity index (χ4v) is 3.26. The third-order valence-electron chi connectivity index (χ3n) is 4.45. The Labute approximate surface area is 184 Å². The van der Waals surface area contributed by atoms with Crippen molar-refractivity contribution in [2.75, 3.05) is 0 Å². The number of carboxylic acids is 1. The molecule has 6 nitrogen and oxygen atoms in total. The van der Waals surface area contributed by atoms with E-state index < -0.39 is 29.1 Å². The molecular weight excluding hydrogens is 452 g/mol. The van der Waals surface area contributed by atoms with Gasteiger partial charge in [-0.05, 0) is 62.7 Å². The maximum absolute atomic E-state index is 13.8. The van der Waals surface area contributed by atoms with Gasteiger partial charge in [0.15, 0.2) is 12.2 Å². The maximum Gasteiger partial charge on any atom is 0.419 e. The number of carbonyl (C=O) groups is 1. The number of alkyl halides is 3. The Hall–Kier alpha value is -3.21. The summed E-state index contributed by atoms with van der Waals surface area (Å²) in [5, 5.41) is 9.74. The fraction of sp³-hybridized carbons (Fsp3) is 0.286. The van der Waals surface area contributed by atoms with E-state index in [1.807, 2.05) is 0 Å². The Bertz CT molecular complexity index is 1150. The molecule has 2 aromatic carbocycles. The SMILES string of the molecule is Cc1cc(OCc2[nH+]c(-c3ccc(C(F)(F)F)c(F)c3)ns2)ccc1OC(C)(C)C(=O)O. The van der Waals surface area contributed by atoms with Crippen molar-refractivity contribution < 1.29 is 41.9 Å². The lowest BCUT2D eigenvalue weighted by Gasteiger charge is -2.22. The highest BCUT2D eigenvalue weighted by atomic mass is 32.1. The van der Waals surface area contributed by atoms with Crippen LogP contribution in [0.2, 0.25) is 0 Å². The van der Waals surface area contributed by atoms with Crippen molar-refractivity contribution in [2.45, 2.75) is 39.2 Å². The normalized spacial score (nSPS) is 12.0. The Morgan fingerprint density at radius 1 is 1.19 bits per heavy atom. The van der Waals surface area contributed by atoms with Gasteiger partial charge in [0.2, 0.25) is 5.01 Å². The quantitative estimate of drug-likeness (QED) is 0.495. The number of aryl methyl sites for hydroxylation is 1. The number of hydrogen-bond donors (Lipinski definition) is 1. The highest BCUT2D eigenvalue weighted by Gasteiger charge is 2.34. The van der Waals surface area contributed by atoms with E-state index in [-0.39, 0.29) is 18.0 Å². The molecule has 0 saturated carbocycles. The highest BCUT2D eigenvalue weighted by molar-refractivity contribution is 7.05. The van der Waals surface area contributed by atoms with Crippen molar-refractivity contribution in [3.05, 3.63) is 58.3 Å². The van der Waals surface area contributed by atoms with Gasteiger partial charge in [-0.25, -0.2) is 14.2 Å². The molecule has 1 heterocycles. The number of rotatable bonds is 7. The molecule has 0 aliphatic carbocycles. The average Bonchev–Trinajstić information content (AvgIpc) is 3.16. The standard InChI is InChI=1S/C21H18F4N2O4S/c1-11-8-13(5-7-16(11)31-20(2,3)19(28)29)30-10-17-26-18(27-32-17)12-4-6-14(15(22)9-12)21(23,24)25/h4-9H,10H2,1-3H3,(H,28,29)/p+1. The predicted octanol–water partition coefficient (Wildman–Crippen LogP) is 4.91. The Kier molecular flexibility index (Phi) is 6.40. The Balaban J connectivity index is 1.67. The molecule has 0 unspecified atom stereocenters. The second kappa shape index (κ2) is 8.73. The van der Waals surface area contributed by atoms with Gasteiger partial charge in [-0.1, -0.05) is 0 Å². The third-order valence-corrected chi connectivity index (χ3v) is 5.16. The van der Waals surface area contributed by atoms with Crippen LogP contribution in [0.3, 0.4) is 0 Å². The van der Waals surface area contributed by atoms with Crippen LogP contribution in [0.25, 0.3) is 11.4 Å². The molecule has 0 saturated heterocycles. The van der Waals surface area contributed by atoms with E-state index in [4.69, 9.17) is 9.47 Å². The first-order valence-electron chi connectivity index (χ1n) is 9.27. The zero-order valence-electron chi connectivity index (χ0n) is 17.2. The van der Waals surface area contributed by atoms with Crippen molar-refractivity contribution in [3.63, 3.8) is 0 Å². The second-order valence-electron chi connectivity index (χ2n) is 7.41. The lowest BCUT2D eigenvalue weighted by Crippen LogP contribution is -2.38. The molecule has 3 aromatic rings. The smallest absolute Gasteiger partial charge is 0.419 e. The zero-order valence-corrected chi connectivity index (χ0v) is 18.0. The molecule has 3 rings (SSSR count). The molecule has 2 N–H and O–H groups in total. The molecule has 32 heavy (non-hydrogen) atoms. The number of nitrogens with zero attached hydrogens (tertiary/aromatic N) is 1. The number of carboxylic acid groups (broad SMARTS) is 1. The lowest BCUT2D eigenvalue weighted by molar-refractivity contribution is -0.375. The van der Waals surface area contributed by atoms with Crippen LogP contribution >= 0.6 is 11.5 Å². The second-order valence-corrected chi connectivity index (χ2v) is 8.26. The van der Waals surface area contributed by atoms with E-state index in [1.165, 1.54) is 13.8 Å². The lowest BCUT2D eigenvalue weighted by atomic mass is 10.1. The number of aliphatic carboxylic acids is 1. The first kappa shape index (κ1) is 23.5. The van der Waals surface area contributed by atoms with E-state index in [9.17, 15) is 27.5 Å². The first-order chi connectivity index (χ1) is 14.9. The summed E-state index contributed by atoms with van der Waals surface area (Å²) in [5.74, 6) is -1.36. The van der Waals surface area contributed by atoms with Gasteiger partial charge < -0.3 is 14.6 Å². The van der Waals surface area contributed by atoms with Crippen LogP contribution in [0.1, 0.15) is 30.0 Å². The van der Waals surface area contributed by atoms with E-state index in [0.29, 0.717) is 28.1 Å². The van der Waals surface area contributed by atoms with E-state index in [2.05, 4.69) is 9.36 Å². The number of H-pyrrole nitrogens is 1. The summed E-state index contributed by atoms with van der Waals surface area (Å²) in [6.45, 7) is 4.72. The monoisotopic (exact) mass is 471 g/mol. The summed E-state index contributed by atoms with van der Waals surface area (Å²) in [5.41, 5.74) is -1.88. The van der Waals surface area contributed by atoms with Crippen LogP contribution in [0, 0.1) is 12.7 Å². The predicted molar refractivity (Wildman–Crippen MR) is 107 cm³/mol. The van der Waals surface area contributed by atoms with Crippen LogP contribution in [-0.2, 0) is 17.6 Å². The summed E-state index contributed by atoms with van der Waals surface area (Å²) in [7, 11) is 0. The fourth-order valence-electron chi connectivity index (χ4n) is 2.65. The number of aromatic nitrogens is 2. The number of benzene rings is 2. The molecule has 170 valence electrons. The Morgan fingerprint density at radius 3 is 2.50 bits per heavy atom. The van der Waals surface area contributed by atoms with Gasteiger partial charge in [-0.15, -0.1) is 0 Å². The summed E-state index contributed by atoms with van der Waals surface area (Å²) in [6, 6.07) is 7.49. The van der Waals surface area contributed by atoms with Crippen LogP contribution < -0.4 is 14.5 Å². The molecule has 0 spiro atoms. The van der Waals surface area contributed by atoms with Crippen LogP contribution in [0.4, 0.5) is 17.6 Å². The molecule has 0 aliphatic heterocycles. The minimum absolute atomic E-state index is 0.0844.